The van der Waals surface area contributed by atoms with Gasteiger partial charge in [-0.3, -0.25) is 9.59 Å². The fraction of sp³-hybridized carbons (Fsp3) is 0.667. The standard InChI is InChI=1S/C6H8O7/c7-2-3(8)6(11)12-4(9)1-5(10)13-6/h3,7-8,11H,1-2H2. The fourth-order valence-corrected chi connectivity index (χ4v) is 0.788. The summed E-state index contributed by atoms with van der Waals surface area (Å²) in [5.41, 5.74) is 0. The number of esters is 2. The van der Waals surface area contributed by atoms with Crippen LogP contribution in [0.1, 0.15) is 6.42 Å². The lowest BCUT2D eigenvalue weighted by atomic mass is 10.3. The van der Waals surface area contributed by atoms with Crippen LogP contribution in [0.15, 0.2) is 0 Å². The second-order valence-electron chi connectivity index (χ2n) is 2.45. The Morgan fingerprint density at radius 1 is 1.38 bits per heavy atom. The largest absolute Gasteiger partial charge is 0.403 e. The Balaban J connectivity index is 2.77. The van der Waals surface area contributed by atoms with Crippen LogP contribution in [0.3, 0.4) is 0 Å². The Labute approximate surface area is 72.5 Å². The molecule has 1 aliphatic rings. The average molecular weight is 192 g/mol. The highest BCUT2D eigenvalue weighted by Crippen LogP contribution is 2.21. The van der Waals surface area contributed by atoms with Crippen molar-refractivity contribution in [3.63, 3.8) is 0 Å². The van der Waals surface area contributed by atoms with Crippen molar-refractivity contribution in [1.29, 1.82) is 0 Å². The van der Waals surface area contributed by atoms with Gasteiger partial charge in [0.2, 0.25) is 0 Å². The Hall–Kier alpha value is -1.18. The van der Waals surface area contributed by atoms with Crippen molar-refractivity contribution >= 4 is 11.9 Å². The molecule has 0 aromatic carbocycles. The van der Waals surface area contributed by atoms with E-state index in [1.807, 2.05) is 0 Å². The first-order valence-electron chi connectivity index (χ1n) is 3.43. The summed E-state index contributed by atoms with van der Waals surface area (Å²) >= 11 is 0. The van der Waals surface area contributed by atoms with Gasteiger partial charge in [-0.25, -0.2) is 0 Å². The highest BCUT2D eigenvalue weighted by Gasteiger charge is 2.48. The molecule has 3 N–H and O–H groups in total. The van der Waals surface area contributed by atoms with Crippen LogP contribution in [-0.4, -0.2) is 45.9 Å². The van der Waals surface area contributed by atoms with Gasteiger partial charge in [-0.05, 0) is 0 Å². The van der Waals surface area contributed by atoms with Crippen LogP contribution in [0.4, 0.5) is 0 Å². The van der Waals surface area contributed by atoms with Crippen LogP contribution in [0, 0.1) is 0 Å². The van der Waals surface area contributed by atoms with Crippen molar-refractivity contribution in [2.75, 3.05) is 6.61 Å². The quantitative estimate of drug-likeness (QED) is 0.326. The van der Waals surface area contributed by atoms with Gasteiger partial charge >= 0.3 is 17.9 Å². The molecule has 74 valence electrons. The molecule has 13 heavy (non-hydrogen) atoms. The number of carbonyl (C=O) groups excluding carboxylic acids is 2. The number of hydrogen-bond acceptors (Lipinski definition) is 7. The van der Waals surface area contributed by atoms with Gasteiger partial charge in [0.1, 0.15) is 6.42 Å². The van der Waals surface area contributed by atoms with E-state index in [2.05, 4.69) is 9.47 Å². The van der Waals surface area contributed by atoms with Crippen LogP contribution in [0.5, 0.6) is 0 Å². The highest BCUT2D eigenvalue weighted by molar-refractivity contribution is 5.92. The number of rotatable bonds is 2. The maximum Gasteiger partial charge on any atom is 0.403 e. The van der Waals surface area contributed by atoms with Crippen molar-refractivity contribution in [2.24, 2.45) is 0 Å². The summed E-state index contributed by atoms with van der Waals surface area (Å²) in [5.74, 6) is -4.81. The highest BCUT2D eigenvalue weighted by atomic mass is 16.9. The summed E-state index contributed by atoms with van der Waals surface area (Å²) in [7, 11) is 0. The van der Waals surface area contributed by atoms with Gasteiger partial charge in [0.05, 0.1) is 6.61 Å². The van der Waals surface area contributed by atoms with Crippen LogP contribution in [0.2, 0.25) is 0 Å². The Morgan fingerprint density at radius 2 is 1.85 bits per heavy atom. The Morgan fingerprint density at radius 3 is 2.23 bits per heavy atom. The van der Waals surface area contributed by atoms with Gasteiger partial charge in [0, 0.05) is 0 Å². The van der Waals surface area contributed by atoms with E-state index in [-0.39, 0.29) is 0 Å². The van der Waals surface area contributed by atoms with E-state index in [0.29, 0.717) is 0 Å². The summed E-state index contributed by atoms with van der Waals surface area (Å²) in [6.07, 6.45) is -2.50. The van der Waals surface area contributed by atoms with Crippen molar-refractivity contribution in [1.82, 2.24) is 0 Å². The molecule has 0 spiro atoms. The van der Waals surface area contributed by atoms with Gasteiger partial charge in [-0.15, -0.1) is 0 Å². The molecule has 1 saturated heterocycles. The number of aliphatic hydroxyl groups excluding tert-OH is 2. The Bertz CT molecular complexity index is 219. The monoisotopic (exact) mass is 192 g/mol. The normalized spacial score (nSPS) is 23.3. The molecular weight excluding hydrogens is 184 g/mol. The predicted molar refractivity (Wildman–Crippen MR) is 34.8 cm³/mol. The van der Waals surface area contributed by atoms with Crippen molar-refractivity contribution in [2.45, 2.75) is 18.5 Å². The van der Waals surface area contributed by atoms with Crippen LogP contribution >= 0.6 is 0 Å². The topological polar surface area (TPSA) is 113 Å². The lowest BCUT2D eigenvalue weighted by molar-refractivity contribution is -0.372. The maximum absolute atomic E-state index is 10.6. The first-order chi connectivity index (χ1) is 5.98. The van der Waals surface area contributed by atoms with E-state index in [0.717, 1.165) is 0 Å². The molecule has 0 amide bonds. The summed E-state index contributed by atoms with van der Waals surface area (Å²) in [6, 6.07) is 0. The maximum atomic E-state index is 10.6. The summed E-state index contributed by atoms with van der Waals surface area (Å²) in [5, 5.41) is 26.5. The number of hydrogen-bond donors (Lipinski definition) is 3. The zero-order chi connectivity index (χ0) is 10.1. The molecule has 0 aromatic heterocycles. The van der Waals surface area contributed by atoms with Crippen LogP contribution in [-0.2, 0) is 19.1 Å². The lowest BCUT2D eigenvalue weighted by Gasteiger charge is -2.32. The third-order valence-corrected chi connectivity index (χ3v) is 1.40. The summed E-state index contributed by atoms with van der Waals surface area (Å²) in [6.45, 7) is -0.906. The molecule has 0 aliphatic carbocycles. The van der Waals surface area contributed by atoms with E-state index in [4.69, 9.17) is 10.2 Å². The first-order valence-corrected chi connectivity index (χ1v) is 3.43. The minimum absolute atomic E-state index is 0.625. The molecule has 1 unspecified atom stereocenters. The molecule has 0 radical (unpaired) electrons. The minimum atomic E-state index is -2.76. The van der Waals surface area contributed by atoms with Crippen molar-refractivity contribution in [3.05, 3.63) is 0 Å². The molecule has 0 saturated carbocycles. The molecule has 1 fully saturated rings. The van der Waals surface area contributed by atoms with Gasteiger partial charge in [-0.1, -0.05) is 0 Å². The second kappa shape index (κ2) is 3.29. The van der Waals surface area contributed by atoms with E-state index in [1.54, 1.807) is 0 Å². The molecule has 1 heterocycles. The number of cyclic esters (lactones) is 2. The van der Waals surface area contributed by atoms with E-state index >= 15 is 0 Å². The minimum Gasteiger partial charge on any atom is -0.396 e. The third kappa shape index (κ3) is 1.94. The zero-order valence-electron chi connectivity index (χ0n) is 6.47. The van der Waals surface area contributed by atoms with Crippen LogP contribution < -0.4 is 0 Å². The van der Waals surface area contributed by atoms with Crippen molar-refractivity contribution < 1.29 is 34.4 Å². The van der Waals surface area contributed by atoms with Gasteiger partial charge in [0.25, 0.3) is 0 Å². The zero-order valence-corrected chi connectivity index (χ0v) is 6.47. The molecule has 7 heteroatoms. The first kappa shape index (κ1) is 9.90. The summed E-state index contributed by atoms with van der Waals surface area (Å²) in [4.78, 5) is 21.3. The number of aliphatic hydroxyl groups is 3. The van der Waals surface area contributed by atoms with E-state index in [9.17, 15) is 14.7 Å². The molecule has 7 nitrogen and oxygen atoms in total. The SMILES string of the molecule is O=C1CC(=O)OC(O)(C(O)CO)O1. The third-order valence-electron chi connectivity index (χ3n) is 1.40. The van der Waals surface area contributed by atoms with Gasteiger partial charge in [-0.2, -0.15) is 0 Å². The number of ether oxygens (including phenoxy) is 2. The predicted octanol–water partition coefficient (Wildman–Crippen LogP) is -2.52. The molecule has 1 aliphatic heterocycles. The van der Waals surface area contributed by atoms with Crippen LogP contribution in [0.25, 0.3) is 0 Å². The average Bonchev–Trinajstić information content (AvgIpc) is 2.00. The lowest BCUT2D eigenvalue weighted by Crippen LogP contribution is -2.54. The molecule has 0 aromatic rings. The second-order valence-corrected chi connectivity index (χ2v) is 2.45. The molecule has 0 bridgehead atoms. The molecular formula is C6H8O7. The smallest absolute Gasteiger partial charge is 0.396 e. The Kier molecular flexibility index (Phi) is 2.50. The van der Waals surface area contributed by atoms with Gasteiger partial charge in [0.15, 0.2) is 6.10 Å². The van der Waals surface area contributed by atoms with Crippen molar-refractivity contribution in [3.8, 4) is 0 Å². The fourth-order valence-electron chi connectivity index (χ4n) is 0.788. The van der Waals surface area contributed by atoms with E-state index < -0.39 is 37.0 Å². The molecule has 1 atom stereocenters. The van der Waals surface area contributed by atoms with Gasteiger partial charge < -0.3 is 24.8 Å². The molecule has 1 rings (SSSR count). The number of carbonyl (C=O) groups is 2. The summed E-state index contributed by atoms with van der Waals surface area (Å²) < 4.78 is 8.32. The van der Waals surface area contributed by atoms with E-state index in [1.165, 1.54) is 0 Å².